The van der Waals surface area contributed by atoms with Crippen molar-refractivity contribution in [2.75, 3.05) is 0 Å². The van der Waals surface area contributed by atoms with E-state index in [1.165, 1.54) is 163 Å². The van der Waals surface area contributed by atoms with Crippen molar-refractivity contribution in [3.05, 3.63) is 206 Å². The Hall–Kier alpha value is -8.32. The number of hydrogen-bond donors (Lipinski definition) is 0. The van der Waals surface area contributed by atoms with Crippen molar-refractivity contribution in [1.29, 1.82) is 0 Å². The van der Waals surface area contributed by atoms with E-state index in [1.807, 2.05) is 0 Å². The smallest absolute Gasteiger partial charge is 0.000697 e. The summed E-state index contributed by atoms with van der Waals surface area (Å²) in [7, 11) is 0. The number of benzene rings is 13. The van der Waals surface area contributed by atoms with Crippen LogP contribution >= 0.6 is 0 Å². The minimum absolute atomic E-state index is 1.23. The van der Waals surface area contributed by atoms with Gasteiger partial charge in [-0.2, -0.15) is 0 Å². The highest BCUT2D eigenvalue weighted by Gasteiger charge is 2.29. The molecule has 0 aliphatic heterocycles. The maximum atomic E-state index is 2.57. The lowest BCUT2D eigenvalue weighted by atomic mass is 9.85. The fourth-order valence-electron chi connectivity index (χ4n) is 12.7. The molecule has 0 unspecified atom stereocenters. The SMILES string of the molecule is c1ccc(-c2ccc3c(c2)-c2ccc4c5ccc6c7c(ccc(c8ccc-3c2c84)c57)c2cc3c(-c4ccccc4-c4ccccc4)c4ccccc4c4c5ccccc5c(c26)c34)cc1. The Morgan fingerprint density at radius 1 is 0.156 bits per heavy atom. The molecule has 64 heavy (non-hydrogen) atoms. The largest absolute Gasteiger partial charge is 0.0622 e. The molecule has 15 aromatic rings. The van der Waals surface area contributed by atoms with Crippen molar-refractivity contribution in [3.63, 3.8) is 0 Å². The van der Waals surface area contributed by atoms with E-state index in [1.54, 1.807) is 0 Å². The van der Waals surface area contributed by atoms with Gasteiger partial charge >= 0.3 is 0 Å². The van der Waals surface area contributed by atoms with E-state index in [9.17, 15) is 0 Å². The molecule has 0 aromatic heterocycles. The molecule has 0 heterocycles. The minimum Gasteiger partial charge on any atom is -0.0622 e. The molecule has 0 N–H and O–H groups in total. The van der Waals surface area contributed by atoms with Gasteiger partial charge in [0.15, 0.2) is 0 Å². The Balaban J connectivity index is 1.05. The summed E-state index contributed by atoms with van der Waals surface area (Å²) in [5.74, 6) is 0. The molecule has 0 saturated carbocycles. The molecule has 0 amide bonds. The lowest BCUT2D eigenvalue weighted by molar-refractivity contribution is 1.61. The standard InChI is InChI=1S/C64H34/c1-3-13-35(14-4-1)37-23-24-39-45-25-26-46-48-28-30-51-54-34-55-56(40-18-8-7-17-38(40)36-15-5-2-6-16-36)41-19-9-10-20-42(41)60-43-21-11-12-22-44(43)63(64(55)60)62(54)52-32-31-49(59(48)61(51)52)47-27-29-50(53(39)33-37)57(45)58(46)47/h1-34H. The van der Waals surface area contributed by atoms with Crippen LogP contribution < -0.4 is 0 Å². The van der Waals surface area contributed by atoms with Crippen molar-refractivity contribution in [2.45, 2.75) is 0 Å². The minimum atomic E-state index is 1.23. The van der Waals surface area contributed by atoms with Gasteiger partial charge < -0.3 is 0 Å². The molecule has 0 spiro atoms. The molecule has 0 nitrogen and oxygen atoms in total. The second-order valence-corrected chi connectivity index (χ2v) is 18.1. The molecule has 15 aromatic carbocycles. The van der Waals surface area contributed by atoms with Crippen molar-refractivity contribution in [2.24, 2.45) is 0 Å². The summed E-state index contributed by atoms with van der Waals surface area (Å²) in [6.07, 6.45) is 0. The fraction of sp³-hybridized carbons (Fsp3) is 0. The third kappa shape index (κ3) is 3.97. The highest BCUT2D eigenvalue weighted by Crippen LogP contribution is 2.57. The summed E-state index contributed by atoms with van der Waals surface area (Å²) in [6, 6.07) is 78.1. The molecule has 0 atom stereocenters. The maximum absolute atomic E-state index is 2.57. The number of rotatable bonds is 3. The van der Waals surface area contributed by atoms with E-state index in [0.29, 0.717) is 0 Å². The quantitative estimate of drug-likeness (QED) is 0.123. The average molecular weight is 803 g/mol. The van der Waals surface area contributed by atoms with E-state index in [-0.39, 0.29) is 0 Å². The van der Waals surface area contributed by atoms with Crippen LogP contribution in [0.15, 0.2) is 206 Å². The molecule has 0 fully saturated rings. The first-order chi connectivity index (χ1) is 31.8. The van der Waals surface area contributed by atoms with Crippen molar-refractivity contribution < 1.29 is 0 Å². The zero-order valence-corrected chi connectivity index (χ0v) is 34.6. The number of fused-ring (bicyclic) bond motifs is 14. The van der Waals surface area contributed by atoms with Crippen LogP contribution in [-0.2, 0) is 0 Å². The monoisotopic (exact) mass is 802 g/mol. The van der Waals surface area contributed by atoms with Crippen LogP contribution in [0.1, 0.15) is 0 Å². The van der Waals surface area contributed by atoms with Gasteiger partial charge in [0.1, 0.15) is 0 Å². The molecular formula is C64H34. The molecule has 290 valence electrons. The molecular weight excluding hydrogens is 769 g/mol. The van der Waals surface area contributed by atoms with Crippen molar-refractivity contribution >= 4 is 108 Å². The van der Waals surface area contributed by atoms with Gasteiger partial charge in [0.05, 0.1) is 0 Å². The summed E-state index contributed by atoms with van der Waals surface area (Å²) in [4.78, 5) is 0. The van der Waals surface area contributed by atoms with E-state index in [4.69, 9.17) is 0 Å². The lowest BCUT2D eigenvalue weighted by Crippen LogP contribution is -1.90. The summed E-state index contributed by atoms with van der Waals surface area (Å²) in [5.41, 5.74) is 12.9. The van der Waals surface area contributed by atoms with Crippen LogP contribution in [-0.4, -0.2) is 0 Å². The molecule has 1 aliphatic rings. The Morgan fingerprint density at radius 2 is 0.578 bits per heavy atom. The summed E-state index contributed by atoms with van der Waals surface area (Å²) in [6.45, 7) is 0. The van der Waals surface area contributed by atoms with Gasteiger partial charge in [-0.3, -0.25) is 0 Å². The zero-order chi connectivity index (χ0) is 41.4. The van der Waals surface area contributed by atoms with E-state index >= 15 is 0 Å². The lowest BCUT2D eigenvalue weighted by Gasteiger charge is -2.17. The van der Waals surface area contributed by atoms with Gasteiger partial charge in [-0.05, 0) is 175 Å². The van der Waals surface area contributed by atoms with Gasteiger partial charge in [0, 0.05) is 0 Å². The summed E-state index contributed by atoms with van der Waals surface area (Å²) >= 11 is 0. The number of hydrogen-bond acceptors (Lipinski definition) is 0. The molecule has 0 heteroatoms. The molecule has 16 rings (SSSR count). The Kier molecular flexibility index (Phi) is 6.13. The summed E-state index contributed by atoms with van der Waals surface area (Å²) in [5, 5.41) is 27.0. The van der Waals surface area contributed by atoms with Crippen LogP contribution in [0.3, 0.4) is 0 Å². The van der Waals surface area contributed by atoms with E-state index in [2.05, 4.69) is 206 Å². The van der Waals surface area contributed by atoms with Gasteiger partial charge in [-0.25, -0.2) is 0 Å². The highest BCUT2D eigenvalue weighted by molar-refractivity contribution is 6.51. The van der Waals surface area contributed by atoms with Crippen LogP contribution in [0, 0.1) is 0 Å². The average Bonchev–Trinajstić information content (AvgIpc) is 4.00. The Labute approximate surface area is 367 Å². The molecule has 1 aliphatic carbocycles. The predicted molar refractivity (Wildman–Crippen MR) is 276 cm³/mol. The van der Waals surface area contributed by atoms with Crippen LogP contribution in [0.4, 0.5) is 0 Å². The van der Waals surface area contributed by atoms with Crippen molar-refractivity contribution in [3.8, 4) is 55.6 Å². The third-order valence-electron chi connectivity index (χ3n) is 15.2. The first-order valence-electron chi connectivity index (χ1n) is 22.5. The molecule has 0 radical (unpaired) electrons. The van der Waals surface area contributed by atoms with Crippen LogP contribution in [0.25, 0.3) is 163 Å². The van der Waals surface area contributed by atoms with Crippen LogP contribution in [0.5, 0.6) is 0 Å². The van der Waals surface area contributed by atoms with Gasteiger partial charge in [-0.1, -0.05) is 194 Å². The first-order valence-corrected chi connectivity index (χ1v) is 22.5. The third-order valence-corrected chi connectivity index (χ3v) is 15.2. The summed E-state index contributed by atoms with van der Waals surface area (Å²) < 4.78 is 0. The van der Waals surface area contributed by atoms with E-state index in [0.717, 1.165) is 0 Å². The van der Waals surface area contributed by atoms with Crippen molar-refractivity contribution in [1.82, 2.24) is 0 Å². The predicted octanol–water partition coefficient (Wildman–Crippen LogP) is 18.2. The van der Waals surface area contributed by atoms with Gasteiger partial charge in [-0.15, -0.1) is 0 Å². The second kappa shape index (κ2) is 11.8. The van der Waals surface area contributed by atoms with Gasteiger partial charge in [0.25, 0.3) is 0 Å². The zero-order valence-electron chi connectivity index (χ0n) is 34.6. The maximum Gasteiger partial charge on any atom is -0.000697 e. The Morgan fingerprint density at radius 3 is 1.28 bits per heavy atom. The first kappa shape index (κ1) is 33.3. The highest BCUT2D eigenvalue weighted by atomic mass is 14.3. The topological polar surface area (TPSA) is 0 Å². The van der Waals surface area contributed by atoms with Gasteiger partial charge in [0.2, 0.25) is 0 Å². The Bertz CT molecular complexity index is 4480. The van der Waals surface area contributed by atoms with E-state index < -0.39 is 0 Å². The van der Waals surface area contributed by atoms with Crippen LogP contribution in [0.2, 0.25) is 0 Å². The molecule has 0 bridgehead atoms. The molecule has 0 saturated heterocycles. The fourth-order valence-corrected chi connectivity index (χ4v) is 12.7. The normalized spacial score (nSPS) is 12.7. The second-order valence-electron chi connectivity index (χ2n) is 18.1.